The molecule has 0 saturated heterocycles. The SMILES string of the molecule is Cc1cccc(C(NN)c2cnn(-c3ccccc3)c2)c1. The van der Waals surface area contributed by atoms with Crippen molar-refractivity contribution in [1.29, 1.82) is 0 Å². The minimum atomic E-state index is -0.0673. The van der Waals surface area contributed by atoms with E-state index in [9.17, 15) is 0 Å². The van der Waals surface area contributed by atoms with Crippen LogP contribution in [-0.2, 0) is 0 Å². The van der Waals surface area contributed by atoms with E-state index in [1.165, 1.54) is 5.56 Å². The van der Waals surface area contributed by atoms with Crippen LogP contribution in [0.2, 0.25) is 0 Å². The summed E-state index contributed by atoms with van der Waals surface area (Å²) >= 11 is 0. The zero-order chi connectivity index (χ0) is 14.7. The molecular formula is C17H18N4. The number of nitrogens with two attached hydrogens (primary N) is 1. The molecule has 1 aromatic heterocycles. The van der Waals surface area contributed by atoms with E-state index in [-0.39, 0.29) is 6.04 Å². The van der Waals surface area contributed by atoms with E-state index in [0.29, 0.717) is 0 Å². The Labute approximate surface area is 124 Å². The Morgan fingerprint density at radius 1 is 1.05 bits per heavy atom. The number of aryl methyl sites for hydroxylation is 1. The minimum Gasteiger partial charge on any atom is -0.271 e. The van der Waals surface area contributed by atoms with Crippen LogP contribution in [0.5, 0.6) is 0 Å². The van der Waals surface area contributed by atoms with Crippen LogP contribution < -0.4 is 11.3 Å². The van der Waals surface area contributed by atoms with Gasteiger partial charge in [0.25, 0.3) is 0 Å². The van der Waals surface area contributed by atoms with Gasteiger partial charge in [-0.15, -0.1) is 0 Å². The summed E-state index contributed by atoms with van der Waals surface area (Å²) in [4.78, 5) is 0. The minimum absolute atomic E-state index is 0.0673. The maximum absolute atomic E-state index is 5.75. The summed E-state index contributed by atoms with van der Waals surface area (Å²) in [7, 11) is 0. The van der Waals surface area contributed by atoms with Crippen LogP contribution in [0.1, 0.15) is 22.7 Å². The number of para-hydroxylation sites is 1. The molecule has 0 fully saturated rings. The van der Waals surface area contributed by atoms with Gasteiger partial charge in [-0.05, 0) is 24.6 Å². The predicted molar refractivity (Wildman–Crippen MR) is 83.9 cm³/mol. The lowest BCUT2D eigenvalue weighted by molar-refractivity contribution is 0.636. The Balaban J connectivity index is 1.94. The molecule has 106 valence electrons. The molecule has 2 aromatic carbocycles. The Morgan fingerprint density at radius 3 is 2.57 bits per heavy atom. The lowest BCUT2D eigenvalue weighted by Crippen LogP contribution is -2.28. The lowest BCUT2D eigenvalue weighted by atomic mass is 10.0. The van der Waals surface area contributed by atoms with Crippen LogP contribution >= 0.6 is 0 Å². The van der Waals surface area contributed by atoms with Gasteiger partial charge in [0.15, 0.2) is 0 Å². The summed E-state index contributed by atoms with van der Waals surface area (Å²) in [6.07, 6.45) is 3.85. The van der Waals surface area contributed by atoms with Crippen molar-refractivity contribution in [3.63, 3.8) is 0 Å². The Bertz CT molecular complexity index is 718. The fourth-order valence-corrected chi connectivity index (χ4v) is 2.44. The first-order valence-electron chi connectivity index (χ1n) is 6.90. The third kappa shape index (κ3) is 2.86. The molecule has 0 saturated carbocycles. The van der Waals surface area contributed by atoms with Crippen molar-refractivity contribution >= 4 is 0 Å². The Kier molecular flexibility index (Phi) is 3.81. The average Bonchev–Trinajstić information content (AvgIpc) is 2.99. The van der Waals surface area contributed by atoms with Crippen LogP contribution in [-0.4, -0.2) is 9.78 Å². The molecule has 4 nitrogen and oxygen atoms in total. The van der Waals surface area contributed by atoms with E-state index >= 15 is 0 Å². The van der Waals surface area contributed by atoms with Gasteiger partial charge in [0, 0.05) is 11.8 Å². The number of rotatable bonds is 4. The van der Waals surface area contributed by atoms with Crippen LogP contribution in [0.3, 0.4) is 0 Å². The molecule has 0 spiro atoms. The van der Waals surface area contributed by atoms with Crippen molar-refractivity contribution in [1.82, 2.24) is 15.2 Å². The van der Waals surface area contributed by atoms with E-state index in [1.807, 2.05) is 53.5 Å². The van der Waals surface area contributed by atoms with E-state index in [2.05, 4.69) is 35.6 Å². The molecule has 0 bridgehead atoms. The van der Waals surface area contributed by atoms with E-state index < -0.39 is 0 Å². The number of hydrogen-bond acceptors (Lipinski definition) is 3. The maximum Gasteiger partial charge on any atom is 0.0741 e. The molecular weight excluding hydrogens is 260 g/mol. The second kappa shape index (κ2) is 5.91. The van der Waals surface area contributed by atoms with Gasteiger partial charge in [0.1, 0.15) is 0 Å². The highest BCUT2D eigenvalue weighted by atomic mass is 15.3. The van der Waals surface area contributed by atoms with Crippen molar-refractivity contribution in [2.75, 3.05) is 0 Å². The second-order valence-corrected chi connectivity index (χ2v) is 5.07. The van der Waals surface area contributed by atoms with Gasteiger partial charge in [-0.1, -0.05) is 48.0 Å². The zero-order valence-electron chi connectivity index (χ0n) is 11.9. The third-order valence-corrected chi connectivity index (χ3v) is 3.50. The van der Waals surface area contributed by atoms with Crippen LogP contribution in [0.25, 0.3) is 5.69 Å². The molecule has 0 radical (unpaired) electrons. The summed E-state index contributed by atoms with van der Waals surface area (Å²) in [5.41, 5.74) is 7.28. The molecule has 3 N–H and O–H groups in total. The molecule has 0 aliphatic rings. The summed E-state index contributed by atoms with van der Waals surface area (Å²) in [5, 5.41) is 4.42. The zero-order valence-corrected chi connectivity index (χ0v) is 11.9. The van der Waals surface area contributed by atoms with E-state index in [4.69, 9.17) is 5.84 Å². The Hall–Kier alpha value is -2.43. The van der Waals surface area contributed by atoms with E-state index in [1.54, 1.807) is 0 Å². The first-order valence-corrected chi connectivity index (χ1v) is 6.90. The molecule has 0 amide bonds. The normalized spacial score (nSPS) is 12.3. The highest BCUT2D eigenvalue weighted by molar-refractivity contribution is 5.35. The second-order valence-electron chi connectivity index (χ2n) is 5.07. The van der Waals surface area contributed by atoms with Crippen LogP contribution in [0.15, 0.2) is 67.0 Å². The van der Waals surface area contributed by atoms with Gasteiger partial charge >= 0.3 is 0 Å². The highest BCUT2D eigenvalue weighted by Crippen LogP contribution is 2.22. The molecule has 0 aliphatic carbocycles. The largest absolute Gasteiger partial charge is 0.271 e. The van der Waals surface area contributed by atoms with Crippen molar-refractivity contribution in [3.05, 3.63) is 83.7 Å². The van der Waals surface area contributed by atoms with Crippen molar-refractivity contribution in [3.8, 4) is 5.69 Å². The number of benzene rings is 2. The molecule has 4 heteroatoms. The van der Waals surface area contributed by atoms with Gasteiger partial charge < -0.3 is 0 Å². The Morgan fingerprint density at radius 2 is 1.86 bits per heavy atom. The van der Waals surface area contributed by atoms with Gasteiger partial charge in [-0.3, -0.25) is 5.84 Å². The van der Waals surface area contributed by atoms with Gasteiger partial charge in [0.2, 0.25) is 0 Å². The monoisotopic (exact) mass is 278 g/mol. The van der Waals surface area contributed by atoms with Gasteiger partial charge in [0.05, 0.1) is 17.9 Å². The first kappa shape index (κ1) is 13.5. The van der Waals surface area contributed by atoms with E-state index in [0.717, 1.165) is 16.8 Å². The summed E-state index contributed by atoms with van der Waals surface area (Å²) < 4.78 is 1.86. The summed E-state index contributed by atoms with van der Waals surface area (Å²) in [5.74, 6) is 5.75. The molecule has 1 unspecified atom stereocenters. The van der Waals surface area contributed by atoms with Gasteiger partial charge in [-0.2, -0.15) is 5.10 Å². The number of nitrogens with one attached hydrogen (secondary N) is 1. The number of aromatic nitrogens is 2. The molecule has 3 rings (SSSR count). The summed E-state index contributed by atoms with van der Waals surface area (Å²) in [6.45, 7) is 2.07. The average molecular weight is 278 g/mol. The van der Waals surface area contributed by atoms with Crippen LogP contribution in [0, 0.1) is 6.92 Å². The molecule has 21 heavy (non-hydrogen) atoms. The smallest absolute Gasteiger partial charge is 0.0741 e. The fraction of sp³-hybridized carbons (Fsp3) is 0.118. The fourth-order valence-electron chi connectivity index (χ4n) is 2.44. The van der Waals surface area contributed by atoms with Crippen molar-refractivity contribution in [2.24, 2.45) is 5.84 Å². The molecule has 3 aromatic rings. The topological polar surface area (TPSA) is 55.9 Å². The molecule has 1 heterocycles. The molecule has 0 aliphatic heterocycles. The standard InChI is InChI=1S/C17H18N4/c1-13-6-5-7-14(10-13)17(20-18)15-11-19-21(12-15)16-8-3-2-4-9-16/h2-12,17,20H,18H2,1H3. The van der Waals surface area contributed by atoms with Crippen LogP contribution in [0.4, 0.5) is 0 Å². The quantitative estimate of drug-likeness (QED) is 0.570. The number of hydrazine groups is 1. The summed E-state index contributed by atoms with van der Waals surface area (Å²) in [6, 6.07) is 18.3. The maximum atomic E-state index is 5.75. The first-order chi connectivity index (χ1) is 10.3. The van der Waals surface area contributed by atoms with Gasteiger partial charge in [-0.25, -0.2) is 10.1 Å². The number of nitrogens with zero attached hydrogens (tertiary/aromatic N) is 2. The molecule has 1 atom stereocenters. The van der Waals surface area contributed by atoms with Crippen molar-refractivity contribution in [2.45, 2.75) is 13.0 Å². The highest BCUT2D eigenvalue weighted by Gasteiger charge is 2.14. The lowest BCUT2D eigenvalue weighted by Gasteiger charge is -2.15. The predicted octanol–water partition coefficient (Wildman–Crippen LogP) is 2.73. The number of hydrogen-bond donors (Lipinski definition) is 2. The van der Waals surface area contributed by atoms with Crippen molar-refractivity contribution < 1.29 is 0 Å². The third-order valence-electron chi connectivity index (χ3n) is 3.50.